The molecule has 2 rings (SSSR count). The van der Waals surface area contributed by atoms with E-state index in [9.17, 15) is 13.2 Å². The Morgan fingerprint density at radius 1 is 1.23 bits per heavy atom. The Labute approximate surface area is 166 Å². The van der Waals surface area contributed by atoms with E-state index in [4.69, 9.17) is 23.2 Å². The van der Waals surface area contributed by atoms with Crippen molar-refractivity contribution >= 4 is 56.7 Å². The number of sulfonamides is 1. The summed E-state index contributed by atoms with van der Waals surface area (Å²) in [7, 11) is -3.95. The zero-order valence-electron chi connectivity index (χ0n) is 13.8. The van der Waals surface area contributed by atoms with Crippen LogP contribution in [0.2, 0.25) is 10.0 Å². The highest BCUT2D eigenvalue weighted by Crippen LogP contribution is 2.25. The molecular formula is C16H17Cl2N3O3S2. The number of benzene rings is 1. The van der Waals surface area contributed by atoms with Crippen LogP contribution in [0.15, 0.2) is 47.5 Å². The molecule has 0 spiro atoms. The first-order chi connectivity index (χ1) is 12.3. The summed E-state index contributed by atoms with van der Waals surface area (Å²) in [5.41, 5.74) is 0. The number of aromatic nitrogens is 1. The van der Waals surface area contributed by atoms with Gasteiger partial charge in [0.1, 0.15) is 11.9 Å². The molecule has 1 amide bonds. The van der Waals surface area contributed by atoms with Crippen molar-refractivity contribution in [1.82, 2.24) is 9.71 Å². The van der Waals surface area contributed by atoms with Gasteiger partial charge >= 0.3 is 0 Å². The Balaban J connectivity index is 2.20. The van der Waals surface area contributed by atoms with Crippen LogP contribution >= 0.6 is 35.0 Å². The van der Waals surface area contributed by atoms with Gasteiger partial charge < -0.3 is 5.32 Å². The Morgan fingerprint density at radius 3 is 2.62 bits per heavy atom. The van der Waals surface area contributed by atoms with Crippen LogP contribution < -0.4 is 10.0 Å². The number of anilines is 1. The number of nitrogens with zero attached hydrogens (tertiary/aromatic N) is 1. The third kappa shape index (κ3) is 5.85. The van der Waals surface area contributed by atoms with E-state index in [1.807, 2.05) is 6.26 Å². The number of halogens is 2. The number of amides is 1. The number of pyridine rings is 1. The highest BCUT2D eigenvalue weighted by Gasteiger charge is 2.26. The molecule has 1 atom stereocenters. The molecular weight excluding hydrogens is 417 g/mol. The molecule has 0 saturated heterocycles. The van der Waals surface area contributed by atoms with Crippen molar-refractivity contribution in [3.05, 3.63) is 52.6 Å². The third-order valence-electron chi connectivity index (χ3n) is 3.34. The van der Waals surface area contributed by atoms with Crippen molar-refractivity contribution in [2.75, 3.05) is 17.3 Å². The maximum atomic E-state index is 12.6. The maximum Gasteiger partial charge on any atom is 0.243 e. The molecule has 10 heteroatoms. The molecule has 0 unspecified atom stereocenters. The fraction of sp³-hybridized carbons (Fsp3) is 0.250. The quantitative estimate of drug-likeness (QED) is 0.665. The van der Waals surface area contributed by atoms with Gasteiger partial charge in [0.15, 0.2) is 0 Å². The number of rotatable bonds is 8. The van der Waals surface area contributed by atoms with Gasteiger partial charge in [-0.1, -0.05) is 29.3 Å². The molecule has 1 aromatic heterocycles. The summed E-state index contributed by atoms with van der Waals surface area (Å²) >= 11 is 13.2. The molecule has 0 saturated carbocycles. The van der Waals surface area contributed by atoms with E-state index in [0.717, 1.165) is 0 Å². The molecule has 6 nitrogen and oxygen atoms in total. The van der Waals surface area contributed by atoms with Gasteiger partial charge in [-0.3, -0.25) is 4.79 Å². The average molecular weight is 434 g/mol. The molecule has 140 valence electrons. The van der Waals surface area contributed by atoms with Crippen LogP contribution in [0.1, 0.15) is 6.42 Å². The summed E-state index contributed by atoms with van der Waals surface area (Å²) in [4.78, 5) is 16.5. The lowest BCUT2D eigenvalue weighted by Gasteiger charge is -2.18. The molecule has 0 fully saturated rings. The average Bonchev–Trinajstić information content (AvgIpc) is 2.61. The van der Waals surface area contributed by atoms with E-state index in [1.165, 1.54) is 36.2 Å². The fourth-order valence-corrected chi connectivity index (χ4v) is 4.12. The molecule has 0 aliphatic carbocycles. The Hall–Kier alpha value is -1.32. The second kappa shape index (κ2) is 9.57. The molecule has 0 aliphatic rings. The fourth-order valence-electron chi connectivity index (χ4n) is 2.03. The van der Waals surface area contributed by atoms with Crippen LogP contribution in [0, 0.1) is 0 Å². The topological polar surface area (TPSA) is 88.2 Å². The first kappa shape index (κ1) is 21.0. The predicted molar refractivity (Wildman–Crippen MR) is 106 cm³/mol. The normalized spacial score (nSPS) is 12.6. The number of hydrogen-bond acceptors (Lipinski definition) is 5. The van der Waals surface area contributed by atoms with Gasteiger partial charge in [-0.15, -0.1) is 0 Å². The van der Waals surface area contributed by atoms with Crippen LogP contribution in [-0.4, -0.2) is 37.4 Å². The summed E-state index contributed by atoms with van der Waals surface area (Å²) < 4.78 is 27.7. The molecule has 0 bridgehead atoms. The summed E-state index contributed by atoms with van der Waals surface area (Å²) in [5.74, 6) is 0.464. The van der Waals surface area contributed by atoms with E-state index in [1.54, 1.807) is 18.2 Å². The van der Waals surface area contributed by atoms with Crippen molar-refractivity contribution in [3.8, 4) is 0 Å². The molecule has 2 N–H and O–H groups in total. The van der Waals surface area contributed by atoms with E-state index >= 15 is 0 Å². The largest absolute Gasteiger partial charge is 0.309 e. The third-order valence-corrected chi connectivity index (χ3v) is 6.19. The zero-order chi connectivity index (χ0) is 19.2. The number of carbonyl (C=O) groups excluding carboxylic acids is 1. The van der Waals surface area contributed by atoms with E-state index in [2.05, 4.69) is 15.0 Å². The van der Waals surface area contributed by atoms with Crippen LogP contribution in [0.3, 0.4) is 0 Å². The highest BCUT2D eigenvalue weighted by molar-refractivity contribution is 7.98. The summed E-state index contributed by atoms with van der Waals surface area (Å²) in [5, 5.41) is 2.98. The van der Waals surface area contributed by atoms with Crippen molar-refractivity contribution in [3.63, 3.8) is 0 Å². The Bertz CT molecular complexity index is 864. The van der Waals surface area contributed by atoms with Gasteiger partial charge in [0.2, 0.25) is 15.9 Å². The van der Waals surface area contributed by atoms with E-state index < -0.39 is 22.0 Å². The molecule has 1 aromatic carbocycles. The zero-order valence-corrected chi connectivity index (χ0v) is 16.9. The highest BCUT2D eigenvalue weighted by atomic mass is 35.5. The Kier molecular flexibility index (Phi) is 7.72. The molecule has 26 heavy (non-hydrogen) atoms. The first-order valence-electron chi connectivity index (χ1n) is 7.51. The van der Waals surface area contributed by atoms with Gasteiger partial charge in [-0.2, -0.15) is 16.5 Å². The SMILES string of the molecule is CSCC[C@@H](NS(=O)(=O)c1ccc(Cl)c(Cl)c1)C(=O)Nc1ccccn1. The Morgan fingerprint density at radius 2 is 2.00 bits per heavy atom. The standard InChI is InChI=1S/C16H17Cl2N3O3S2/c1-25-9-7-14(16(22)20-15-4-2-3-8-19-15)21-26(23,24)11-5-6-12(17)13(18)10-11/h2-6,8,10,14,21H,7,9H2,1H3,(H,19,20,22)/t14-/m1/s1. The van der Waals surface area contributed by atoms with Crippen molar-refractivity contribution < 1.29 is 13.2 Å². The van der Waals surface area contributed by atoms with Gasteiger partial charge in [-0.05, 0) is 48.8 Å². The van der Waals surface area contributed by atoms with Crippen LogP contribution in [0.5, 0.6) is 0 Å². The monoisotopic (exact) mass is 433 g/mol. The first-order valence-corrected chi connectivity index (χ1v) is 11.1. The number of thioether (sulfide) groups is 1. The van der Waals surface area contributed by atoms with E-state index in [-0.39, 0.29) is 14.9 Å². The van der Waals surface area contributed by atoms with Crippen LogP contribution in [0.4, 0.5) is 5.82 Å². The lowest BCUT2D eigenvalue weighted by molar-refractivity contribution is -0.117. The maximum absolute atomic E-state index is 12.6. The summed E-state index contributed by atoms with van der Waals surface area (Å²) in [6.45, 7) is 0. The lowest BCUT2D eigenvalue weighted by Crippen LogP contribution is -2.44. The van der Waals surface area contributed by atoms with Gasteiger partial charge in [0.25, 0.3) is 0 Å². The molecule has 0 aliphatic heterocycles. The minimum atomic E-state index is -3.95. The number of carbonyl (C=O) groups is 1. The number of nitrogens with one attached hydrogen (secondary N) is 2. The van der Waals surface area contributed by atoms with Crippen molar-refractivity contribution in [2.24, 2.45) is 0 Å². The summed E-state index contributed by atoms with van der Waals surface area (Å²) in [6, 6.07) is 8.07. The number of hydrogen-bond donors (Lipinski definition) is 2. The van der Waals surface area contributed by atoms with Gasteiger partial charge in [0, 0.05) is 6.20 Å². The second-order valence-electron chi connectivity index (χ2n) is 5.24. The summed E-state index contributed by atoms with van der Waals surface area (Å²) in [6.07, 6.45) is 3.73. The van der Waals surface area contributed by atoms with E-state index in [0.29, 0.717) is 18.0 Å². The van der Waals surface area contributed by atoms with Crippen LogP contribution in [0.25, 0.3) is 0 Å². The molecule has 2 aromatic rings. The lowest BCUT2D eigenvalue weighted by atomic mass is 10.2. The van der Waals surface area contributed by atoms with Gasteiger partial charge in [0.05, 0.1) is 14.9 Å². The van der Waals surface area contributed by atoms with Crippen LogP contribution in [-0.2, 0) is 14.8 Å². The minimum Gasteiger partial charge on any atom is -0.309 e. The smallest absolute Gasteiger partial charge is 0.243 e. The predicted octanol–water partition coefficient (Wildman–Crippen LogP) is 3.43. The van der Waals surface area contributed by atoms with Gasteiger partial charge in [-0.25, -0.2) is 13.4 Å². The second-order valence-corrected chi connectivity index (χ2v) is 8.75. The van der Waals surface area contributed by atoms with Crippen molar-refractivity contribution in [1.29, 1.82) is 0 Å². The van der Waals surface area contributed by atoms with Crippen molar-refractivity contribution in [2.45, 2.75) is 17.4 Å². The molecule has 1 heterocycles. The minimum absolute atomic E-state index is 0.0633. The molecule has 0 radical (unpaired) electrons.